The summed E-state index contributed by atoms with van der Waals surface area (Å²) in [4.78, 5) is 9.42. The quantitative estimate of drug-likeness (QED) is 0.248. The van der Waals surface area contributed by atoms with Crippen LogP contribution in [0, 0.1) is 0 Å². The first-order valence-corrected chi connectivity index (χ1v) is 3.27. The van der Waals surface area contributed by atoms with Crippen molar-refractivity contribution in [1.82, 2.24) is 0 Å². The van der Waals surface area contributed by atoms with Crippen molar-refractivity contribution in [3.05, 3.63) is 0 Å². The standard InChI is InChI=1S/C2H4O2S2.Na/c3-2(4)1-6-5;/h5H,1H2,(H,3,4);/q;+1/p-1. The molecule has 2 nitrogen and oxygen atoms in total. The molecule has 0 aliphatic rings. The van der Waals surface area contributed by atoms with Gasteiger partial charge in [-0.1, -0.05) is 10.8 Å². The Kier molecular flexibility index (Phi) is 11.3. The molecule has 0 aromatic heterocycles. The van der Waals surface area contributed by atoms with Gasteiger partial charge in [0.1, 0.15) is 0 Å². The van der Waals surface area contributed by atoms with Gasteiger partial charge in [-0.3, -0.25) is 0 Å². The molecular formula is C2H3NaO2S2. The van der Waals surface area contributed by atoms with Gasteiger partial charge in [0.25, 0.3) is 0 Å². The van der Waals surface area contributed by atoms with Crippen molar-refractivity contribution in [2.75, 3.05) is 5.75 Å². The third-order valence-electron chi connectivity index (χ3n) is 0.182. The van der Waals surface area contributed by atoms with Crippen molar-refractivity contribution in [1.29, 1.82) is 0 Å². The van der Waals surface area contributed by atoms with Crippen molar-refractivity contribution in [3.63, 3.8) is 0 Å². The Hall–Kier alpha value is 1.17. The Morgan fingerprint density at radius 1 is 1.86 bits per heavy atom. The average Bonchev–Trinajstić information content (AvgIpc) is 1.35. The van der Waals surface area contributed by atoms with Crippen molar-refractivity contribution in [2.45, 2.75) is 0 Å². The first kappa shape index (κ1) is 11.0. The van der Waals surface area contributed by atoms with Crippen LogP contribution in [-0.2, 0) is 4.79 Å². The summed E-state index contributed by atoms with van der Waals surface area (Å²) in [5.41, 5.74) is 0. The van der Waals surface area contributed by atoms with E-state index in [1.54, 1.807) is 0 Å². The topological polar surface area (TPSA) is 40.1 Å². The van der Waals surface area contributed by atoms with Crippen LogP contribution < -0.4 is 34.7 Å². The first-order valence-electron chi connectivity index (χ1n) is 1.23. The van der Waals surface area contributed by atoms with Gasteiger partial charge in [-0.05, 0) is 0 Å². The smallest absolute Gasteiger partial charge is 0.549 e. The Bertz CT molecular complexity index is 57.7. The maximum absolute atomic E-state index is 9.42. The van der Waals surface area contributed by atoms with Crippen LogP contribution in [0.2, 0.25) is 0 Å². The average molecular weight is 146 g/mol. The van der Waals surface area contributed by atoms with Gasteiger partial charge in [-0.15, -0.1) is 11.7 Å². The van der Waals surface area contributed by atoms with Crippen LogP contribution >= 0.6 is 22.5 Å². The van der Waals surface area contributed by atoms with Gasteiger partial charge in [-0.2, -0.15) is 0 Å². The predicted octanol–water partition coefficient (Wildman–Crippen LogP) is -3.68. The summed E-state index contributed by atoms with van der Waals surface area (Å²) in [7, 11) is 0.942. The van der Waals surface area contributed by atoms with Gasteiger partial charge in [0.15, 0.2) is 0 Å². The van der Waals surface area contributed by atoms with E-state index in [1.165, 1.54) is 0 Å². The van der Waals surface area contributed by atoms with E-state index < -0.39 is 5.97 Å². The molecular weight excluding hydrogens is 143 g/mol. The van der Waals surface area contributed by atoms with E-state index in [1.807, 2.05) is 0 Å². The SMILES string of the molecule is O=C([O-])CSS.[Na+]. The molecule has 0 N–H and O–H groups in total. The molecule has 0 amide bonds. The summed E-state index contributed by atoms with van der Waals surface area (Å²) in [6, 6.07) is 0. The fourth-order valence-corrected chi connectivity index (χ4v) is 0.474. The molecule has 0 saturated carbocycles. The minimum absolute atomic E-state index is 0. The van der Waals surface area contributed by atoms with Gasteiger partial charge < -0.3 is 9.90 Å². The summed E-state index contributed by atoms with van der Waals surface area (Å²) in [5.74, 6) is -1.11. The molecule has 0 fully saturated rings. The van der Waals surface area contributed by atoms with Crippen LogP contribution in [-0.4, -0.2) is 11.7 Å². The molecule has 0 radical (unpaired) electrons. The van der Waals surface area contributed by atoms with E-state index in [0.29, 0.717) is 0 Å². The van der Waals surface area contributed by atoms with Crippen LogP contribution in [0.25, 0.3) is 0 Å². The molecule has 0 spiro atoms. The molecule has 0 aliphatic heterocycles. The zero-order valence-corrected chi connectivity index (χ0v) is 7.59. The molecule has 0 saturated heterocycles. The van der Waals surface area contributed by atoms with Crippen molar-refractivity contribution in [3.8, 4) is 0 Å². The number of aliphatic carboxylic acids is 1. The number of carboxylic acid groups (broad SMARTS) is 1. The van der Waals surface area contributed by atoms with E-state index in [-0.39, 0.29) is 35.3 Å². The molecule has 0 unspecified atom stereocenters. The van der Waals surface area contributed by atoms with Crippen molar-refractivity contribution >= 4 is 28.4 Å². The zero-order chi connectivity index (χ0) is 4.99. The van der Waals surface area contributed by atoms with Crippen molar-refractivity contribution < 1.29 is 39.5 Å². The van der Waals surface area contributed by atoms with Crippen LogP contribution in [0.15, 0.2) is 0 Å². The van der Waals surface area contributed by atoms with Gasteiger partial charge in [0.05, 0.1) is 5.97 Å². The zero-order valence-electron chi connectivity index (χ0n) is 3.88. The van der Waals surface area contributed by atoms with Gasteiger partial charge in [0.2, 0.25) is 0 Å². The second kappa shape index (κ2) is 7.17. The molecule has 0 bridgehead atoms. The molecule has 0 aromatic rings. The first-order chi connectivity index (χ1) is 2.77. The summed E-state index contributed by atoms with van der Waals surface area (Å²) in [6.07, 6.45) is 0. The normalized spacial score (nSPS) is 7.00. The Morgan fingerprint density at radius 3 is 2.29 bits per heavy atom. The number of hydrogen-bond donors (Lipinski definition) is 1. The Labute approximate surface area is 73.2 Å². The van der Waals surface area contributed by atoms with Crippen LogP contribution in [0.1, 0.15) is 0 Å². The van der Waals surface area contributed by atoms with Crippen LogP contribution in [0.5, 0.6) is 0 Å². The monoisotopic (exact) mass is 146 g/mol. The van der Waals surface area contributed by atoms with Crippen molar-refractivity contribution in [2.24, 2.45) is 0 Å². The van der Waals surface area contributed by atoms with E-state index in [0.717, 1.165) is 10.8 Å². The molecule has 0 heterocycles. The second-order valence-corrected chi connectivity index (χ2v) is 1.97. The molecule has 36 valence electrons. The summed E-state index contributed by atoms with van der Waals surface area (Å²) >= 11 is 3.56. The molecule has 0 aliphatic carbocycles. The molecule has 7 heavy (non-hydrogen) atoms. The molecule has 0 aromatic carbocycles. The second-order valence-electron chi connectivity index (χ2n) is 0.645. The van der Waals surface area contributed by atoms with E-state index in [9.17, 15) is 9.90 Å². The fourth-order valence-electron chi connectivity index (χ4n) is 0.0527. The number of carboxylic acids is 1. The maximum atomic E-state index is 9.42. The number of thiol groups is 1. The van der Waals surface area contributed by atoms with E-state index in [2.05, 4.69) is 11.7 Å². The van der Waals surface area contributed by atoms with E-state index >= 15 is 0 Å². The largest absolute Gasteiger partial charge is 1.00 e. The van der Waals surface area contributed by atoms with Crippen LogP contribution in [0.4, 0.5) is 0 Å². The Balaban J connectivity index is 0. The summed E-state index contributed by atoms with van der Waals surface area (Å²) < 4.78 is 0. The maximum Gasteiger partial charge on any atom is 1.00 e. The third kappa shape index (κ3) is 11.0. The minimum Gasteiger partial charge on any atom is -0.549 e. The number of hydrogen-bond acceptors (Lipinski definition) is 4. The Morgan fingerprint density at radius 2 is 2.29 bits per heavy atom. The van der Waals surface area contributed by atoms with Crippen LogP contribution in [0.3, 0.4) is 0 Å². The van der Waals surface area contributed by atoms with Gasteiger partial charge in [-0.25, -0.2) is 0 Å². The minimum atomic E-state index is -1.07. The number of rotatable bonds is 2. The summed E-state index contributed by atoms with van der Waals surface area (Å²) in [6.45, 7) is 0. The molecule has 5 heteroatoms. The van der Waals surface area contributed by atoms with E-state index in [4.69, 9.17) is 0 Å². The molecule has 0 rings (SSSR count). The predicted molar refractivity (Wildman–Crippen MR) is 26.5 cm³/mol. The summed E-state index contributed by atoms with van der Waals surface area (Å²) in [5, 5.41) is 9.42. The number of carbonyl (C=O) groups is 1. The number of carbonyl (C=O) groups excluding carboxylic acids is 1. The van der Waals surface area contributed by atoms with Gasteiger partial charge >= 0.3 is 29.6 Å². The molecule has 0 atom stereocenters. The van der Waals surface area contributed by atoms with Gasteiger partial charge in [0, 0.05) is 5.75 Å². The third-order valence-corrected chi connectivity index (χ3v) is 0.935. The fraction of sp³-hybridized carbons (Fsp3) is 0.500.